The minimum absolute atomic E-state index is 0.00199. The summed E-state index contributed by atoms with van der Waals surface area (Å²) < 4.78 is 0. The molecule has 0 spiro atoms. The van der Waals surface area contributed by atoms with Gasteiger partial charge in [0.25, 0.3) is 0 Å². The lowest BCUT2D eigenvalue weighted by molar-refractivity contribution is -0.0482. The fourth-order valence-electron chi connectivity index (χ4n) is 4.31. The van der Waals surface area contributed by atoms with Gasteiger partial charge in [0.1, 0.15) is 5.75 Å². The molecule has 3 atom stereocenters. The first-order chi connectivity index (χ1) is 9.26. The average molecular weight is 272 g/mol. The standard InChI is InChI=1S/C18H24O2/c1-11-9-12-5-6-15-17(2,3)16(20)7-8-18(15,4)13(12)10-14(11)19/h5-6,9-10,15-16,19-20H,7-8H2,1-4H3/t15?,16-,18+/m1/s1. The topological polar surface area (TPSA) is 40.5 Å². The van der Waals surface area contributed by atoms with Gasteiger partial charge in [-0.2, -0.15) is 0 Å². The highest BCUT2D eigenvalue weighted by Gasteiger charge is 2.52. The Labute approximate surface area is 121 Å². The van der Waals surface area contributed by atoms with Crippen molar-refractivity contribution in [2.75, 3.05) is 0 Å². The van der Waals surface area contributed by atoms with Gasteiger partial charge in [0.2, 0.25) is 0 Å². The van der Waals surface area contributed by atoms with E-state index in [9.17, 15) is 10.2 Å². The van der Waals surface area contributed by atoms with E-state index in [1.807, 2.05) is 13.0 Å². The summed E-state index contributed by atoms with van der Waals surface area (Å²) in [6.45, 7) is 8.53. The average Bonchev–Trinajstić information content (AvgIpc) is 2.37. The zero-order valence-electron chi connectivity index (χ0n) is 12.8. The number of phenolic OH excluding ortho intramolecular Hbond substituents is 1. The smallest absolute Gasteiger partial charge is 0.118 e. The summed E-state index contributed by atoms with van der Waals surface area (Å²) in [5.74, 6) is 0.677. The van der Waals surface area contributed by atoms with Crippen LogP contribution in [0.4, 0.5) is 0 Å². The molecule has 2 aliphatic carbocycles. The number of aryl methyl sites for hydroxylation is 1. The molecule has 1 saturated carbocycles. The van der Waals surface area contributed by atoms with E-state index in [0.717, 1.165) is 18.4 Å². The molecule has 2 heteroatoms. The first-order valence-electron chi connectivity index (χ1n) is 7.47. The van der Waals surface area contributed by atoms with Gasteiger partial charge < -0.3 is 10.2 Å². The second kappa shape index (κ2) is 4.11. The number of aliphatic hydroxyl groups is 1. The van der Waals surface area contributed by atoms with Crippen molar-refractivity contribution in [2.45, 2.75) is 52.1 Å². The van der Waals surface area contributed by atoms with Gasteiger partial charge in [0.05, 0.1) is 6.10 Å². The van der Waals surface area contributed by atoms with E-state index in [4.69, 9.17) is 0 Å². The highest BCUT2D eigenvalue weighted by atomic mass is 16.3. The Morgan fingerprint density at radius 1 is 1.20 bits per heavy atom. The normalized spacial score (nSPS) is 34.5. The predicted molar refractivity (Wildman–Crippen MR) is 81.7 cm³/mol. The van der Waals surface area contributed by atoms with Gasteiger partial charge in [-0.05, 0) is 59.9 Å². The van der Waals surface area contributed by atoms with Crippen molar-refractivity contribution in [1.82, 2.24) is 0 Å². The van der Waals surface area contributed by atoms with Crippen molar-refractivity contribution in [3.05, 3.63) is 34.9 Å². The summed E-state index contributed by atoms with van der Waals surface area (Å²) in [7, 11) is 0. The number of rotatable bonds is 0. The van der Waals surface area contributed by atoms with Crippen LogP contribution in [-0.4, -0.2) is 16.3 Å². The number of hydrogen-bond acceptors (Lipinski definition) is 2. The fourth-order valence-corrected chi connectivity index (χ4v) is 4.31. The van der Waals surface area contributed by atoms with Crippen molar-refractivity contribution in [3.8, 4) is 5.75 Å². The molecule has 2 N–H and O–H groups in total. The van der Waals surface area contributed by atoms with Gasteiger partial charge >= 0.3 is 0 Å². The number of aliphatic hydroxyl groups excluding tert-OH is 1. The lowest BCUT2D eigenvalue weighted by Gasteiger charge is -2.54. The number of aromatic hydroxyl groups is 1. The second-order valence-electron chi connectivity index (χ2n) is 7.36. The molecule has 0 bridgehead atoms. The Bertz CT molecular complexity index is 585. The lowest BCUT2D eigenvalue weighted by atomic mass is 9.51. The van der Waals surface area contributed by atoms with Crippen LogP contribution in [-0.2, 0) is 5.41 Å². The molecular formula is C18H24O2. The largest absolute Gasteiger partial charge is 0.508 e. The Balaban J connectivity index is 2.18. The molecule has 0 amide bonds. The van der Waals surface area contributed by atoms with E-state index in [1.165, 1.54) is 11.1 Å². The third kappa shape index (κ3) is 1.67. The molecule has 1 unspecified atom stereocenters. The lowest BCUT2D eigenvalue weighted by Crippen LogP contribution is -2.52. The van der Waals surface area contributed by atoms with Crippen LogP contribution in [0.5, 0.6) is 5.75 Å². The number of benzene rings is 1. The maximum Gasteiger partial charge on any atom is 0.118 e. The first kappa shape index (κ1) is 13.7. The molecule has 0 radical (unpaired) electrons. The molecule has 0 heterocycles. The van der Waals surface area contributed by atoms with Crippen LogP contribution in [0, 0.1) is 18.3 Å². The van der Waals surface area contributed by atoms with E-state index in [1.54, 1.807) is 0 Å². The summed E-state index contributed by atoms with van der Waals surface area (Å²) in [5.41, 5.74) is 3.23. The van der Waals surface area contributed by atoms with E-state index < -0.39 is 0 Å². The van der Waals surface area contributed by atoms with Crippen LogP contribution < -0.4 is 0 Å². The van der Waals surface area contributed by atoms with E-state index in [2.05, 4.69) is 39.0 Å². The fraction of sp³-hybridized carbons (Fsp3) is 0.556. The van der Waals surface area contributed by atoms with Gasteiger partial charge in [-0.25, -0.2) is 0 Å². The SMILES string of the molecule is Cc1cc2c(cc1O)[C@]1(C)CC[C@@H](O)C(C)(C)C1C=C2. The quantitative estimate of drug-likeness (QED) is 0.754. The minimum Gasteiger partial charge on any atom is -0.508 e. The number of hydrogen-bond donors (Lipinski definition) is 2. The Morgan fingerprint density at radius 3 is 2.60 bits per heavy atom. The van der Waals surface area contributed by atoms with E-state index in [0.29, 0.717) is 11.7 Å². The molecule has 0 aromatic heterocycles. The van der Waals surface area contributed by atoms with Gasteiger partial charge in [0, 0.05) is 5.41 Å². The summed E-state index contributed by atoms with van der Waals surface area (Å²) in [6, 6.07) is 4.01. The van der Waals surface area contributed by atoms with Gasteiger partial charge in [0.15, 0.2) is 0 Å². The molecule has 2 aliphatic rings. The summed E-state index contributed by atoms with van der Waals surface area (Å²) in [5, 5.41) is 20.4. The number of phenols is 1. The highest BCUT2D eigenvalue weighted by Crippen LogP contribution is 2.56. The van der Waals surface area contributed by atoms with Crippen LogP contribution in [0.25, 0.3) is 6.08 Å². The number of fused-ring (bicyclic) bond motifs is 3. The molecule has 1 aromatic rings. The third-order valence-corrected chi connectivity index (χ3v) is 5.74. The van der Waals surface area contributed by atoms with Crippen molar-refractivity contribution >= 4 is 6.08 Å². The molecule has 1 fully saturated rings. The Morgan fingerprint density at radius 2 is 1.90 bits per heavy atom. The summed E-state index contributed by atoms with van der Waals surface area (Å²) in [4.78, 5) is 0. The Hall–Kier alpha value is -1.28. The second-order valence-corrected chi connectivity index (χ2v) is 7.36. The Kier molecular flexibility index (Phi) is 2.81. The van der Waals surface area contributed by atoms with Crippen LogP contribution in [0.3, 0.4) is 0 Å². The molecule has 1 aromatic carbocycles. The van der Waals surface area contributed by atoms with Crippen molar-refractivity contribution in [2.24, 2.45) is 11.3 Å². The van der Waals surface area contributed by atoms with Crippen LogP contribution >= 0.6 is 0 Å². The maximum absolute atomic E-state index is 10.4. The van der Waals surface area contributed by atoms with E-state index >= 15 is 0 Å². The summed E-state index contributed by atoms with van der Waals surface area (Å²) >= 11 is 0. The van der Waals surface area contributed by atoms with Crippen LogP contribution in [0.2, 0.25) is 0 Å². The van der Waals surface area contributed by atoms with Gasteiger partial charge in [-0.1, -0.05) is 32.9 Å². The van der Waals surface area contributed by atoms with Gasteiger partial charge in [-0.3, -0.25) is 0 Å². The molecule has 0 saturated heterocycles. The molecule has 3 rings (SSSR count). The molecule has 108 valence electrons. The first-order valence-corrected chi connectivity index (χ1v) is 7.47. The molecule has 20 heavy (non-hydrogen) atoms. The zero-order valence-corrected chi connectivity index (χ0v) is 12.8. The van der Waals surface area contributed by atoms with Crippen LogP contribution in [0.15, 0.2) is 18.2 Å². The number of allylic oxidation sites excluding steroid dienone is 1. The van der Waals surface area contributed by atoms with Crippen molar-refractivity contribution in [3.63, 3.8) is 0 Å². The van der Waals surface area contributed by atoms with Crippen molar-refractivity contribution < 1.29 is 10.2 Å². The molecular weight excluding hydrogens is 248 g/mol. The predicted octanol–water partition coefficient (Wildman–Crippen LogP) is 3.78. The van der Waals surface area contributed by atoms with Gasteiger partial charge in [-0.15, -0.1) is 0 Å². The van der Waals surface area contributed by atoms with E-state index in [-0.39, 0.29) is 16.9 Å². The maximum atomic E-state index is 10.4. The minimum atomic E-state index is -0.258. The van der Waals surface area contributed by atoms with Crippen LogP contribution in [0.1, 0.15) is 50.3 Å². The monoisotopic (exact) mass is 272 g/mol. The summed E-state index contributed by atoms with van der Waals surface area (Å²) in [6.07, 6.45) is 5.95. The third-order valence-electron chi connectivity index (χ3n) is 5.74. The molecule has 2 nitrogen and oxygen atoms in total. The van der Waals surface area contributed by atoms with Crippen molar-refractivity contribution in [1.29, 1.82) is 0 Å². The highest BCUT2D eigenvalue weighted by molar-refractivity contribution is 5.64. The molecule has 0 aliphatic heterocycles. The zero-order chi connectivity index (χ0) is 14.7.